The van der Waals surface area contributed by atoms with Gasteiger partial charge < -0.3 is 10.0 Å². The molecule has 4 nitrogen and oxygen atoms in total. The average molecular weight is 452 g/mol. The number of anilines is 1. The Morgan fingerprint density at radius 1 is 1.06 bits per heavy atom. The van der Waals surface area contributed by atoms with Gasteiger partial charge in [-0.3, -0.25) is 9.59 Å². The number of Topliss-reactive ketones (excluding diaryl/α,β-unsaturated/α-hetero) is 1. The molecule has 0 aliphatic carbocycles. The Kier molecular flexibility index (Phi) is 5.89. The van der Waals surface area contributed by atoms with E-state index in [1.807, 2.05) is 12.1 Å². The maximum absolute atomic E-state index is 14.4. The second kappa shape index (κ2) is 8.49. The molecule has 1 aliphatic rings. The van der Waals surface area contributed by atoms with Gasteiger partial charge in [0.2, 0.25) is 0 Å². The van der Waals surface area contributed by atoms with E-state index in [9.17, 15) is 19.1 Å². The molecule has 0 radical (unpaired) electrons. The number of halogens is 2. The number of aliphatic hydroxyl groups is 1. The van der Waals surface area contributed by atoms with Gasteiger partial charge in [-0.2, -0.15) is 0 Å². The van der Waals surface area contributed by atoms with E-state index in [0.29, 0.717) is 22.7 Å². The van der Waals surface area contributed by atoms with Crippen LogP contribution in [0.3, 0.4) is 0 Å². The quantitative estimate of drug-likeness (QED) is 0.495. The normalized spacial score (nSPS) is 17.7. The van der Waals surface area contributed by atoms with Gasteiger partial charge in [0.05, 0.1) is 18.7 Å². The smallest absolute Gasteiger partial charge is 0.264 e. The van der Waals surface area contributed by atoms with Crippen LogP contribution in [0, 0.1) is 5.82 Å². The predicted molar refractivity (Wildman–Crippen MR) is 122 cm³/mol. The lowest BCUT2D eigenvalue weighted by molar-refractivity contribution is -0.136. The van der Waals surface area contributed by atoms with Crippen molar-refractivity contribution in [3.63, 3.8) is 0 Å². The molecule has 32 heavy (non-hydrogen) atoms. The highest BCUT2D eigenvalue weighted by Crippen LogP contribution is 2.44. The molecular weight excluding hydrogens is 429 g/mol. The van der Waals surface area contributed by atoms with Crippen molar-refractivity contribution >= 4 is 29.0 Å². The van der Waals surface area contributed by atoms with E-state index in [-0.39, 0.29) is 22.9 Å². The number of carbonyl (C=O) groups excluding carboxylic acids is 2. The molecule has 1 amide bonds. The molecule has 6 heteroatoms. The van der Waals surface area contributed by atoms with E-state index in [0.717, 1.165) is 5.56 Å². The third kappa shape index (κ3) is 3.83. The minimum absolute atomic E-state index is 0.150. The standard InChI is InChI=1S/C26H23ClFNO3/c1-16(2)17-10-12-18(13-11-17)24(30)14-26(32)20-6-3-4-9-23(20)29(25(26)31)15-19-21(27)7-5-8-22(19)28/h3-13,16,32H,14-15H2,1-2H3/t26-/m0/s1. The number of para-hydroxylation sites is 1. The van der Waals surface area contributed by atoms with Crippen LogP contribution in [0.25, 0.3) is 0 Å². The van der Waals surface area contributed by atoms with Crippen molar-refractivity contribution in [2.75, 3.05) is 4.90 Å². The van der Waals surface area contributed by atoms with Crippen LogP contribution in [0.2, 0.25) is 5.02 Å². The molecule has 0 unspecified atom stereocenters. The molecule has 0 bridgehead atoms. The molecular formula is C26H23ClFNO3. The van der Waals surface area contributed by atoms with Crippen molar-refractivity contribution in [2.45, 2.75) is 38.3 Å². The van der Waals surface area contributed by atoms with E-state index in [2.05, 4.69) is 13.8 Å². The molecule has 0 spiro atoms. The van der Waals surface area contributed by atoms with Crippen LogP contribution in [0.5, 0.6) is 0 Å². The molecule has 3 aromatic rings. The van der Waals surface area contributed by atoms with Crippen LogP contribution < -0.4 is 4.90 Å². The van der Waals surface area contributed by atoms with Crippen LogP contribution in [-0.4, -0.2) is 16.8 Å². The summed E-state index contributed by atoms with van der Waals surface area (Å²) in [6.07, 6.45) is -0.411. The Labute approximate surface area is 191 Å². The summed E-state index contributed by atoms with van der Waals surface area (Å²) < 4.78 is 14.4. The Morgan fingerprint density at radius 3 is 2.41 bits per heavy atom. The molecule has 1 atom stereocenters. The van der Waals surface area contributed by atoms with Gasteiger partial charge in [0.15, 0.2) is 11.4 Å². The van der Waals surface area contributed by atoms with Gasteiger partial charge in [-0.05, 0) is 29.7 Å². The van der Waals surface area contributed by atoms with Crippen molar-refractivity contribution in [2.24, 2.45) is 0 Å². The minimum atomic E-state index is -2.04. The van der Waals surface area contributed by atoms with Gasteiger partial charge in [-0.1, -0.05) is 74.0 Å². The number of carbonyl (C=O) groups is 2. The lowest BCUT2D eigenvalue weighted by Crippen LogP contribution is -2.41. The first-order chi connectivity index (χ1) is 15.2. The number of fused-ring (bicyclic) bond motifs is 1. The summed E-state index contributed by atoms with van der Waals surface area (Å²) in [5.41, 5.74) is 0.380. The van der Waals surface area contributed by atoms with Crippen LogP contribution in [0.1, 0.15) is 53.2 Å². The maximum Gasteiger partial charge on any atom is 0.264 e. The van der Waals surface area contributed by atoms with Crippen molar-refractivity contribution < 1.29 is 19.1 Å². The number of benzene rings is 3. The zero-order chi connectivity index (χ0) is 23.0. The van der Waals surface area contributed by atoms with E-state index in [1.165, 1.54) is 17.0 Å². The highest BCUT2D eigenvalue weighted by atomic mass is 35.5. The molecule has 1 N–H and O–H groups in total. The molecule has 1 heterocycles. The fourth-order valence-corrected chi connectivity index (χ4v) is 4.29. The fraction of sp³-hybridized carbons (Fsp3) is 0.231. The summed E-state index contributed by atoms with van der Waals surface area (Å²) in [6.45, 7) is 3.97. The number of rotatable bonds is 6. The fourth-order valence-electron chi connectivity index (χ4n) is 4.06. The topological polar surface area (TPSA) is 57.6 Å². The van der Waals surface area contributed by atoms with Crippen molar-refractivity contribution in [3.8, 4) is 0 Å². The molecule has 0 saturated heterocycles. The maximum atomic E-state index is 14.4. The SMILES string of the molecule is CC(C)c1ccc(C(=O)C[C@@]2(O)C(=O)N(Cc3c(F)cccc3Cl)c3ccccc32)cc1. The second-order valence-corrected chi connectivity index (χ2v) is 8.75. The average Bonchev–Trinajstić information content (AvgIpc) is 2.98. The lowest BCUT2D eigenvalue weighted by atomic mass is 9.87. The number of ketones is 1. The Morgan fingerprint density at radius 2 is 1.75 bits per heavy atom. The third-order valence-electron chi connectivity index (χ3n) is 5.93. The van der Waals surface area contributed by atoms with Crippen molar-refractivity contribution in [1.82, 2.24) is 0 Å². The van der Waals surface area contributed by atoms with E-state index in [4.69, 9.17) is 11.6 Å². The van der Waals surface area contributed by atoms with Crippen molar-refractivity contribution in [3.05, 3.63) is 99.8 Å². The number of hydrogen-bond acceptors (Lipinski definition) is 3. The highest BCUT2D eigenvalue weighted by molar-refractivity contribution is 6.31. The second-order valence-electron chi connectivity index (χ2n) is 8.35. The van der Waals surface area contributed by atoms with Crippen molar-refractivity contribution in [1.29, 1.82) is 0 Å². The van der Waals surface area contributed by atoms with Gasteiger partial charge in [0.1, 0.15) is 5.82 Å². The first-order valence-corrected chi connectivity index (χ1v) is 10.8. The third-order valence-corrected chi connectivity index (χ3v) is 6.29. The first kappa shape index (κ1) is 22.2. The van der Waals surface area contributed by atoms with Gasteiger partial charge in [0.25, 0.3) is 5.91 Å². The number of amides is 1. The lowest BCUT2D eigenvalue weighted by Gasteiger charge is -2.23. The summed E-state index contributed by atoms with van der Waals surface area (Å²) in [4.78, 5) is 27.7. The molecule has 4 rings (SSSR count). The van der Waals surface area contributed by atoms with Gasteiger partial charge in [0, 0.05) is 21.7 Å². The summed E-state index contributed by atoms with van der Waals surface area (Å²) >= 11 is 6.16. The van der Waals surface area contributed by atoms with E-state index < -0.39 is 23.7 Å². The van der Waals surface area contributed by atoms with Crippen LogP contribution in [0.15, 0.2) is 66.7 Å². The summed E-state index contributed by atoms with van der Waals surface area (Å²) in [7, 11) is 0. The van der Waals surface area contributed by atoms with Crippen LogP contribution in [0.4, 0.5) is 10.1 Å². The molecule has 1 aliphatic heterocycles. The monoisotopic (exact) mass is 451 g/mol. The predicted octanol–water partition coefficient (Wildman–Crippen LogP) is 5.61. The molecule has 0 fully saturated rings. The molecule has 3 aromatic carbocycles. The largest absolute Gasteiger partial charge is 0.375 e. The summed E-state index contributed by atoms with van der Waals surface area (Å²) in [6, 6.07) is 18.2. The van der Waals surface area contributed by atoms with Gasteiger partial charge in [-0.15, -0.1) is 0 Å². The van der Waals surface area contributed by atoms with Crippen LogP contribution in [-0.2, 0) is 16.9 Å². The van der Waals surface area contributed by atoms with Gasteiger partial charge >= 0.3 is 0 Å². The Balaban J connectivity index is 1.66. The summed E-state index contributed by atoms with van der Waals surface area (Å²) in [5, 5.41) is 11.6. The minimum Gasteiger partial charge on any atom is -0.375 e. The van der Waals surface area contributed by atoms with Crippen LogP contribution >= 0.6 is 11.6 Å². The highest BCUT2D eigenvalue weighted by Gasteiger charge is 2.51. The number of hydrogen-bond donors (Lipinski definition) is 1. The molecule has 164 valence electrons. The zero-order valence-corrected chi connectivity index (χ0v) is 18.6. The zero-order valence-electron chi connectivity index (χ0n) is 17.8. The van der Waals surface area contributed by atoms with Gasteiger partial charge in [-0.25, -0.2) is 4.39 Å². The Bertz CT molecular complexity index is 1170. The van der Waals surface area contributed by atoms with E-state index in [1.54, 1.807) is 42.5 Å². The number of nitrogens with zero attached hydrogens (tertiary/aromatic N) is 1. The Hall–Kier alpha value is -3.02. The molecule has 0 aromatic heterocycles. The molecule has 0 saturated carbocycles. The van der Waals surface area contributed by atoms with E-state index >= 15 is 0 Å². The summed E-state index contributed by atoms with van der Waals surface area (Å²) in [5.74, 6) is -1.24. The first-order valence-electron chi connectivity index (χ1n) is 10.4.